The van der Waals surface area contributed by atoms with Crippen molar-refractivity contribution in [3.63, 3.8) is 0 Å². The van der Waals surface area contributed by atoms with Gasteiger partial charge < -0.3 is 19.3 Å². The molecule has 0 aromatic heterocycles. The van der Waals surface area contributed by atoms with Crippen LogP contribution < -0.4 is 4.90 Å². The highest BCUT2D eigenvalue weighted by molar-refractivity contribution is 5.68. The van der Waals surface area contributed by atoms with Gasteiger partial charge in [-0.1, -0.05) is 18.2 Å². The van der Waals surface area contributed by atoms with Crippen molar-refractivity contribution >= 4 is 11.8 Å². The van der Waals surface area contributed by atoms with E-state index in [1.807, 2.05) is 30.0 Å². The Labute approximate surface area is 193 Å². The zero-order valence-electron chi connectivity index (χ0n) is 18.7. The quantitative estimate of drug-likeness (QED) is 0.589. The summed E-state index contributed by atoms with van der Waals surface area (Å²) in [5.41, 5.74) is 3.36. The summed E-state index contributed by atoms with van der Waals surface area (Å²) in [5.74, 6) is 0. The molecule has 0 saturated carbocycles. The first-order valence-corrected chi connectivity index (χ1v) is 11.2. The SMILES string of the molecule is Cc1cccc(CN2CCN(C(=O)OC(C(F)(F)F)C(F)(F)F)CC2)c1N1CC2CCC(C1)O2. The van der Waals surface area contributed by atoms with E-state index in [9.17, 15) is 31.1 Å². The first-order chi connectivity index (χ1) is 15.9. The molecule has 190 valence electrons. The molecular formula is C22H27F6N3O3. The fourth-order valence-corrected chi connectivity index (χ4v) is 4.92. The van der Waals surface area contributed by atoms with Crippen LogP contribution in [0.15, 0.2) is 18.2 Å². The summed E-state index contributed by atoms with van der Waals surface area (Å²) in [5, 5.41) is 0. The van der Waals surface area contributed by atoms with Crippen LogP contribution in [0.5, 0.6) is 0 Å². The Kier molecular flexibility index (Phi) is 6.92. The third-order valence-electron chi connectivity index (χ3n) is 6.52. The average Bonchev–Trinajstić information content (AvgIpc) is 3.08. The van der Waals surface area contributed by atoms with Crippen LogP contribution in [0.4, 0.5) is 36.8 Å². The number of alkyl halides is 6. The van der Waals surface area contributed by atoms with E-state index in [2.05, 4.69) is 9.64 Å². The first-order valence-electron chi connectivity index (χ1n) is 11.2. The highest BCUT2D eigenvalue weighted by Crippen LogP contribution is 2.36. The molecule has 4 rings (SSSR count). The monoisotopic (exact) mass is 495 g/mol. The molecule has 2 bridgehead atoms. The Bertz CT molecular complexity index is 860. The van der Waals surface area contributed by atoms with Crippen molar-refractivity contribution < 1.29 is 40.6 Å². The minimum Gasteiger partial charge on any atom is -0.426 e. The number of para-hydroxylation sites is 1. The van der Waals surface area contributed by atoms with Gasteiger partial charge in [0.1, 0.15) is 0 Å². The van der Waals surface area contributed by atoms with Crippen LogP contribution in [0.25, 0.3) is 0 Å². The van der Waals surface area contributed by atoms with E-state index in [1.54, 1.807) is 0 Å². The molecule has 3 heterocycles. The Balaban J connectivity index is 1.37. The predicted molar refractivity (Wildman–Crippen MR) is 111 cm³/mol. The number of hydrogen-bond acceptors (Lipinski definition) is 5. The van der Waals surface area contributed by atoms with Gasteiger partial charge in [0.15, 0.2) is 0 Å². The third kappa shape index (κ3) is 5.54. The van der Waals surface area contributed by atoms with Gasteiger partial charge in [0.05, 0.1) is 12.2 Å². The Hall–Kier alpha value is -2.21. The standard InChI is InChI=1S/C22H27F6N3O3/c1-14-3-2-4-15(18(14)31-12-16-5-6-17(13-31)33-16)11-29-7-9-30(10-8-29)20(32)34-19(21(23,24)25)22(26,27)28/h2-4,16-17,19H,5-13H2,1H3. The van der Waals surface area contributed by atoms with Gasteiger partial charge in [-0.3, -0.25) is 4.90 Å². The van der Waals surface area contributed by atoms with Gasteiger partial charge >= 0.3 is 18.4 Å². The molecule has 1 aromatic rings. The largest absolute Gasteiger partial charge is 0.434 e. The summed E-state index contributed by atoms with van der Waals surface area (Å²) in [4.78, 5) is 17.3. The van der Waals surface area contributed by atoms with E-state index in [4.69, 9.17) is 4.74 Å². The second kappa shape index (κ2) is 9.44. The minimum atomic E-state index is -5.73. The van der Waals surface area contributed by atoms with E-state index in [1.165, 1.54) is 0 Å². The van der Waals surface area contributed by atoms with E-state index < -0.39 is 24.5 Å². The molecule has 12 heteroatoms. The molecule has 0 N–H and O–H groups in total. The highest BCUT2D eigenvalue weighted by atomic mass is 19.4. The lowest BCUT2D eigenvalue weighted by Gasteiger charge is -2.38. The van der Waals surface area contributed by atoms with Crippen molar-refractivity contribution in [2.24, 2.45) is 0 Å². The molecule has 1 aromatic carbocycles. The number of nitrogens with zero attached hydrogens (tertiary/aromatic N) is 3. The normalized spacial score (nSPS) is 24.1. The summed E-state index contributed by atoms with van der Waals surface area (Å²) in [6.07, 6.45) is -14.7. The van der Waals surface area contributed by atoms with Gasteiger partial charge in [-0.15, -0.1) is 0 Å². The van der Waals surface area contributed by atoms with E-state index in [0.717, 1.165) is 47.6 Å². The number of ether oxygens (including phenoxy) is 2. The lowest BCUT2D eigenvalue weighted by molar-refractivity contribution is -0.308. The first kappa shape index (κ1) is 24.9. The molecule has 3 fully saturated rings. The summed E-state index contributed by atoms with van der Waals surface area (Å²) in [7, 11) is 0. The number of morpholine rings is 1. The molecule has 2 unspecified atom stereocenters. The lowest BCUT2D eigenvalue weighted by Crippen LogP contribution is -2.52. The van der Waals surface area contributed by atoms with Crippen molar-refractivity contribution in [2.75, 3.05) is 44.2 Å². The second-order valence-electron chi connectivity index (χ2n) is 9.06. The molecule has 1 amide bonds. The predicted octanol–water partition coefficient (Wildman–Crippen LogP) is 4.11. The van der Waals surface area contributed by atoms with Gasteiger partial charge in [0.2, 0.25) is 0 Å². The number of carbonyl (C=O) groups excluding carboxylic acids is 1. The summed E-state index contributed by atoms with van der Waals surface area (Å²) >= 11 is 0. The van der Waals surface area contributed by atoms with Crippen molar-refractivity contribution in [3.8, 4) is 0 Å². The van der Waals surface area contributed by atoms with E-state index in [-0.39, 0.29) is 25.3 Å². The fourth-order valence-electron chi connectivity index (χ4n) is 4.92. The maximum absolute atomic E-state index is 12.7. The number of aryl methyl sites for hydroxylation is 1. The zero-order valence-corrected chi connectivity index (χ0v) is 18.7. The molecule has 3 aliphatic heterocycles. The van der Waals surface area contributed by atoms with Crippen molar-refractivity contribution in [1.82, 2.24) is 9.80 Å². The topological polar surface area (TPSA) is 45.2 Å². The molecule has 0 aliphatic carbocycles. The molecule has 2 atom stereocenters. The number of rotatable bonds is 4. The number of carbonyl (C=O) groups is 1. The molecule has 0 spiro atoms. The van der Waals surface area contributed by atoms with E-state index in [0.29, 0.717) is 19.6 Å². The molecule has 34 heavy (non-hydrogen) atoms. The van der Waals surface area contributed by atoms with Crippen LogP contribution in [0.2, 0.25) is 0 Å². The molecule has 6 nitrogen and oxygen atoms in total. The number of hydrogen-bond donors (Lipinski definition) is 0. The average molecular weight is 495 g/mol. The molecule has 3 saturated heterocycles. The number of piperazine rings is 1. The fraction of sp³-hybridized carbons (Fsp3) is 0.682. The molecular weight excluding hydrogens is 468 g/mol. The molecule has 0 radical (unpaired) electrons. The number of fused-ring (bicyclic) bond motifs is 2. The van der Waals surface area contributed by atoms with Gasteiger partial charge in [-0.2, -0.15) is 26.3 Å². The van der Waals surface area contributed by atoms with Gasteiger partial charge in [0, 0.05) is 51.5 Å². The van der Waals surface area contributed by atoms with Gasteiger partial charge in [-0.05, 0) is 30.9 Å². The zero-order chi connectivity index (χ0) is 24.7. The van der Waals surface area contributed by atoms with Crippen molar-refractivity contribution in [3.05, 3.63) is 29.3 Å². The summed E-state index contributed by atoms with van der Waals surface area (Å²) < 4.78 is 85.9. The molecule has 3 aliphatic rings. The Morgan fingerprint density at radius 1 is 1.03 bits per heavy atom. The van der Waals surface area contributed by atoms with Crippen molar-refractivity contribution in [1.29, 1.82) is 0 Å². The highest BCUT2D eigenvalue weighted by Gasteiger charge is 2.60. The Morgan fingerprint density at radius 3 is 2.18 bits per heavy atom. The minimum absolute atomic E-state index is 0.0237. The van der Waals surface area contributed by atoms with Crippen molar-refractivity contribution in [2.45, 2.75) is 57.0 Å². The van der Waals surface area contributed by atoms with Crippen LogP contribution in [0.1, 0.15) is 24.0 Å². The summed E-state index contributed by atoms with van der Waals surface area (Å²) in [6.45, 7) is 4.79. The number of benzene rings is 1. The number of amides is 1. The number of halogens is 6. The van der Waals surface area contributed by atoms with Crippen LogP contribution in [-0.4, -0.2) is 85.8 Å². The maximum Gasteiger partial charge on any atom is 0.434 e. The van der Waals surface area contributed by atoms with E-state index >= 15 is 0 Å². The van der Waals surface area contributed by atoms with Crippen LogP contribution >= 0.6 is 0 Å². The second-order valence-corrected chi connectivity index (χ2v) is 9.06. The van der Waals surface area contributed by atoms with Gasteiger partial charge in [0.25, 0.3) is 6.10 Å². The third-order valence-corrected chi connectivity index (χ3v) is 6.52. The smallest absolute Gasteiger partial charge is 0.426 e. The lowest BCUT2D eigenvalue weighted by atomic mass is 10.0. The summed E-state index contributed by atoms with van der Waals surface area (Å²) in [6, 6.07) is 6.03. The van der Waals surface area contributed by atoms with Crippen LogP contribution in [-0.2, 0) is 16.0 Å². The Morgan fingerprint density at radius 2 is 1.62 bits per heavy atom. The van der Waals surface area contributed by atoms with Crippen LogP contribution in [0, 0.1) is 6.92 Å². The van der Waals surface area contributed by atoms with Crippen LogP contribution in [0.3, 0.4) is 0 Å². The van der Waals surface area contributed by atoms with Gasteiger partial charge in [-0.25, -0.2) is 4.79 Å². The maximum atomic E-state index is 12.7. The number of anilines is 1.